The van der Waals surface area contributed by atoms with E-state index in [1.165, 1.54) is 36.1 Å². The summed E-state index contributed by atoms with van der Waals surface area (Å²) in [5.74, 6) is -0.826. The molecule has 1 fully saturated rings. The van der Waals surface area contributed by atoms with Crippen LogP contribution in [0.5, 0.6) is 0 Å². The molecule has 3 aromatic rings. The van der Waals surface area contributed by atoms with Crippen molar-refractivity contribution in [3.8, 4) is 10.8 Å². The predicted molar refractivity (Wildman–Crippen MR) is 119 cm³/mol. The van der Waals surface area contributed by atoms with Crippen LogP contribution >= 0.6 is 11.3 Å². The second kappa shape index (κ2) is 9.00. The van der Waals surface area contributed by atoms with E-state index < -0.39 is 33.0 Å². The SMILES string of the molecule is CCO/C=C/c1cc(S(=O)(=O)NC2(C)CC2)cn2c(-c3nnc(C(F)F)s3)nc(C(=O)OC)c12. The number of imidazole rings is 1. The molecule has 182 valence electrons. The number of hydrogen-bond donors (Lipinski definition) is 1. The maximum Gasteiger partial charge on any atom is 0.358 e. The van der Waals surface area contributed by atoms with Crippen LogP contribution in [0.2, 0.25) is 0 Å². The first-order valence-corrected chi connectivity index (χ1v) is 12.5. The summed E-state index contributed by atoms with van der Waals surface area (Å²) < 4.78 is 66.6. The van der Waals surface area contributed by atoms with E-state index in [1.807, 2.05) is 0 Å². The number of carbonyl (C=O) groups excluding carboxylic acids is 1. The zero-order chi connectivity index (χ0) is 24.7. The lowest BCUT2D eigenvalue weighted by Gasteiger charge is -2.14. The summed E-state index contributed by atoms with van der Waals surface area (Å²) in [6.07, 6.45) is 2.67. The molecule has 1 aliphatic carbocycles. The third-order valence-electron chi connectivity index (χ3n) is 5.14. The Labute approximate surface area is 197 Å². The first kappa shape index (κ1) is 24.2. The van der Waals surface area contributed by atoms with Crippen molar-refractivity contribution < 1.29 is 31.5 Å². The van der Waals surface area contributed by atoms with Crippen LogP contribution in [0, 0.1) is 0 Å². The molecule has 14 heteroatoms. The Morgan fingerprint density at radius 2 is 2.12 bits per heavy atom. The van der Waals surface area contributed by atoms with E-state index in [0.717, 1.165) is 0 Å². The molecule has 0 spiro atoms. The Hall–Kier alpha value is -2.97. The van der Waals surface area contributed by atoms with Gasteiger partial charge in [-0.2, -0.15) is 0 Å². The number of pyridine rings is 1. The quantitative estimate of drug-likeness (QED) is 0.341. The number of ether oxygens (including phenoxy) is 2. The van der Waals surface area contributed by atoms with Gasteiger partial charge in [-0.05, 0) is 38.8 Å². The van der Waals surface area contributed by atoms with Crippen molar-refractivity contribution in [1.29, 1.82) is 0 Å². The number of nitrogens with one attached hydrogen (secondary N) is 1. The summed E-state index contributed by atoms with van der Waals surface area (Å²) in [7, 11) is -2.80. The number of methoxy groups -OCH3 is 1. The molecule has 0 aliphatic heterocycles. The van der Waals surface area contributed by atoms with Crippen LogP contribution in [-0.2, 0) is 19.5 Å². The van der Waals surface area contributed by atoms with Crippen molar-refractivity contribution in [2.75, 3.05) is 13.7 Å². The fourth-order valence-electron chi connectivity index (χ4n) is 3.19. The molecular formula is C20H21F2N5O5S2. The number of halogens is 2. The van der Waals surface area contributed by atoms with Crippen molar-refractivity contribution in [3.05, 3.63) is 34.8 Å². The molecule has 3 aromatic heterocycles. The Bertz CT molecular complexity index is 1380. The number of alkyl halides is 2. The molecule has 3 heterocycles. The van der Waals surface area contributed by atoms with Crippen molar-refractivity contribution in [3.63, 3.8) is 0 Å². The van der Waals surface area contributed by atoms with E-state index in [0.29, 0.717) is 30.8 Å². The Morgan fingerprint density at radius 3 is 2.71 bits per heavy atom. The van der Waals surface area contributed by atoms with Gasteiger partial charge in [0.25, 0.3) is 6.43 Å². The lowest BCUT2D eigenvalue weighted by atomic mass is 10.2. The second-order valence-electron chi connectivity index (χ2n) is 7.80. The van der Waals surface area contributed by atoms with Crippen molar-refractivity contribution >= 4 is 38.9 Å². The predicted octanol–water partition coefficient (Wildman–Crippen LogP) is 3.42. The van der Waals surface area contributed by atoms with E-state index in [-0.39, 0.29) is 32.5 Å². The first-order chi connectivity index (χ1) is 16.1. The molecule has 1 N–H and O–H groups in total. The van der Waals surface area contributed by atoms with E-state index in [1.54, 1.807) is 13.8 Å². The van der Waals surface area contributed by atoms with Gasteiger partial charge in [-0.3, -0.25) is 4.40 Å². The molecule has 0 amide bonds. The number of nitrogens with zero attached hydrogens (tertiary/aromatic N) is 4. The molecule has 0 bridgehead atoms. The molecule has 0 saturated heterocycles. The van der Waals surface area contributed by atoms with Crippen LogP contribution in [0.25, 0.3) is 22.4 Å². The molecule has 4 rings (SSSR count). The van der Waals surface area contributed by atoms with Gasteiger partial charge in [0.2, 0.25) is 10.0 Å². The number of rotatable bonds is 9. The van der Waals surface area contributed by atoms with E-state index >= 15 is 0 Å². The van der Waals surface area contributed by atoms with Gasteiger partial charge in [-0.15, -0.1) is 10.2 Å². The average molecular weight is 514 g/mol. The minimum absolute atomic E-state index is 0.0168. The molecule has 10 nitrogen and oxygen atoms in total. The summed E-state index contributed by atoms with van der Waals surface area (Å²) in [5.41, 5.74) is -0.193. The summed E-state index contributed by atoms with van der Waals surface area (Å²) in [6, 6.07) is 1.38. The van der Waals surface area contributed by atoms with Crippen LogP contribution in [0.4, 0.5) is 8.78 Å². The highest BCUT2D eigenvalue weighted by atomic mass is 32.2. The van der Waals surface area contributed by atoms with Crippen molar-refractivity contribution in [1.82, 2.24) is 24.3 Å². The van der Waals surface area contributed by atoms with Crippen molar-refractivity contribution in [2.24, 2.45) is 0 Å². The molecular weight excluding hydrogens is 492 g/mol. The lowest BCUT2D eigenvalue weighted by molar-refractivity contribution is 0.0597. The highest BCUT2D eigenvalue weighted by molar-refractivity contribution is 7.89. The number of aromatic nitrogens is 4. The summed E-state index contributed by atoms with van der Waals surface area (Å²) >= 11 is 0.587. The maximum absolute atomic E-state index is 13.1. The number of carbonyl (C=O) groups is 1. The largest absolute Gasteiger partial charge is 0.501 e. The molecule has 1 aliphatic rings. The number of fused-ring (bicyclic) bond motifs is 1. The Balaban J connectivity index is 1.99. The number of esters is 1. The zero-order valence-corrected chi connectivity index (χ0v) is 20.0. The van der Waals surface area contributed by atoms with Gasteiger partial charge < -0.3 is 9.47 Å². The molecule has 0 aromatic carbocycles. The average Bonchev–Trinajstić information content (AvgIpc) is 3.18. The molecule has 1 saturated carbocycles. The van der Waals surface area contributed by atoms with Crippen LogP contribution in [0.15, 0.2) is 23.4 Å². The van der Waals surface area contributed by atoms with Crippen molar-refractivity contribution in [2.45, 2.75) is 43.5 Å². The Morgan fingerprint density at radius 1 is 1.38 bits per heavy atom. The van der Waals surface area contributed by atoms with Crippen LogP contribution < -0.4 is 4.72 Å². The standard InChI is InChI=1S/C20H21F2N5O5S2/c1-4-32-8-5-11-9-12(34(29,30)26-20(2)6-7-20)10-27-14(11)13(19(28)31-3)23-16(27)18-25-24-17(33-18)15(21)22/h5,8-10,15,26H,4,6-7H2,1-3H3/b8-5+. The third kappa shape index (κ3) is 4.65. The minimum atomic E-state index is -3.97. The molecule has 34 heavy (non-hydrogen) atoms. The highest BCUT2D eigenvalue weighted by Gasteiger charge is 2.41. The van der Waals surface area contributed by atoms with E-state index in [2.05, 4.69) is 19.9 Å². The third-order valence-corrected chi connectivity index (χ3v) is 7.67. The smallest absolute Gasteiger partial charge is 0.358 e. The second-order valence-corrected chi connectivity index (χ2v) is 10.5. The Kier molecular flexibility index (Phi) is 6.40. The fourth-order valence-corrected chi connectivity index (χ4v) is 5.37. The van der Waals surface area contributed by atoms with Gasteiger partial charge in [0.15, 0.2) is 21.5 Å². The van der Waals surface area contributed by atoms with E-state index in [4.69, 9.17) is 9.47 Å². The molecule has 0 atom stereocenters. The van der Waals surface area contributed by atoms with Crippen LogP contribution in [0.1, 0.15) is 54.2 Å². The summed E-state index contributed by atoms with van der Waals surface area (Å²) in [6.45, 7) is 3.93. The summed E-state index contributed by atoms with van der Waals surface area (Å²) in [5, 5.41) is 6.69. The summed E-state index contributed by atoms with van der Waals surface area (Å²) in [4.78, 5) is 16.7. The zero-order valence-electron chi connectivity index (χ0n) is 18.4. The lowest BCUT2D eigenvalue weighted by Crippen LogP contribution is -2.34. The van der Waals surface area contributed by atoms with Gasteiger partial charge in [-0.1, -0.05) is 11.3 Å². The number of hydrogen-bond acceptors (Lipinski definition) is 9. The molecule has 0 radical (unpaired) electrons. The molecule has 0 unspecified atom stereocenters. The van der Waals surface area contributed by atoms with Gasteiger partial charge in [-0.25, -0.2) is 31.7 Å². The number of sulfonamides is 1. The first-order valence-electron chi connectivity index (χ1n) is 10.2. The minimum Gasteiger partial charge on any atom is -0.501 e. The normalized spacial score (nSPS) is 15.4. The maximum atomic E-state index is 13.1. The highest BCUT2D eigenvalue weighted by Crippen LogP contribution is 2.37. The van der Waals surface area contributed by atoms with Gasteiger partial charge >= 0.3 is 5.97 Å². The van der Waals surface area contributed by atoms with Gasteiger partial charge in [0, 0.05) is 17.3 Å². The topological polar surface area (TPSA) is 125 Å². The van der Waals surface area contributed by atoms with Crippen LogP contribution in [-0.4, -0.2) is 53.2 Å². The fraction of sp³-hybridized carbons (Fsp3) is 0.400. The van der Waals surface area contributed by atoms with Gasteiger partial charge in [0.05, 0.1) is 30.4 Å². The van der Waals surface area contributed by atoms with E-state index in [9.17, 15) is 22.0 Å². The van der Waals surface area contributed by atoms with Crippen LogP contribution in [0.3, 0.4) is 0 Å². The monoisotopic (exact) mass is 513 g/mol. The van der Waals surface area contributed by atoms with Gasteiger partial charge in [0.1, 0.15) is 0 Å².